The molecule has 1 N–H and O–H groups in total. The second kappa shape index (κ2) is 8.64. The standard InChI is InChI=1S/C20H27NO5/c1-14-10-15(12-16(11-14)20(23)24)19(22)21-7-5-17(6-8-21)26-13-18-4-2-3-9-25-18/h10-12,17-18H,2-9,13H2,1H3,(H,23,24). The molecule has 2 fully saturated rings. The number of carbonyl (C=O) groups is 2. The van der Waals surface area contributed by atoms with Crippen molar-refractivity contribution in [3.8, 4) is 0 Å². The number of ether oxygens (including phenoxy) is 2. The molecule has 0 spiro atoms. The Hall–Kier alpha value is -1.92. The maximum Gasteiger partial charge on any atom is 0.335 e. The van der Waals surface area contributed by atoms with E-state index in [1.807, 2.05) is 0 Å². The van der Waals surface area contributed by atoms with Gasteiger partial charge < -0.3 is 19.5 Å². The molecule has 0 aromatic heterocycles. The molecule has 0 bridgehead atoms. The molecular weight excluding hydrogens is 334 g/mol. The molecule has 2 aliphatic rings. The molecule has 2 aliphatic heterocycles. The highest BCUT2D eigenvalue weighted by Crippen LogP contribution is 2.20. The van der Waals surface area contributed by atoms with Crippen molar-refractivity contribution in [3.05, 3.63) is 34.9 Å². The molecule has 1 atom stereocenters. The van der Waals surface area contributed by atoms with Crippen LogP contribution in [0.2, 0.25) is 0 Å². The van der Waals surface area contributed by atoms with Gasteiger partial charge in [-0.15, -0.1) is 0 Å². The highest BCUT2D eigenvalue weighted by molar-refractivity contribution is 5.97. The van der Waals surface area contributed by atoms with Gasteiger partial charge in [0.05, 0.1) is 24.4 Å². The van der Waals surface area contributed by atoms with E-state index < -0.39 is 5.97 Å². The van der Waals surface area contributed by atoms with Gasteiger partial charge in [0.25, 0.3) is 5.91 Å². The van der Waals surface area contributed by atoms with Gasteiger partial charge >= 0.3 is 5.97 Å². The van der Waals surface area contributed by atoms with Gasteiger partial charge in [0.15, 0.2) is 0 Å². The number of aryl methyl sites for hydroxylation is 1. The third-order valence-corrected chi connectivity index (χ3v) is 5.09. The first-order chi connectivity index (χ1) is 12.5. The number of piperidine rings is 1. The van der Waals surface area contributed by atoms with Gasteiger partial charge in [-0.1, -0.05) is 0 Å². The summed E-state index contributed by atoms with van der Waals surface area (Å²) in [6, 6.07) is 4.78. The summed E-state index contributed by atoms with van der Waals surface area (Å²) in [7, 11) is 0. The normalized spacial score (nSPS) is 21.6. The monoisotopic (exact) mass is 361 g/mol. The number of nitrogens with zero attached hydrogens (tertiary/aromatic N) is 1. The average Bonchev–Trinajstić information content (AvgIpc) is 2.66. The summed E-state index contributed by atoms with van der Waals surface area (Å²) in [5, 5.41) is 9.18. The molecule has 142 valence electrons. The van der Waals surface area contributed by atoms with Gasteiger partial charge in [0.1, 0.15) is 0 Å². The Morgan fingerprint density at radius 1 is 1.15 bits per heavy atom. The Kier molecular flexibility index (Phi) is 6.27. The molecule has 1 amide bonds. The fraction of sp³-hybridized carbons (Fsp3) is 0.600. The number of benzene rings is 1. The summed E-state index contributed by atoms with van der Waals surface area (Å²) >= 11 is 0. The van der Waals surface area contributed by atoms with Crippen LogP contribution in [0.1, 0.15) is 58.4 Å². The maximum absolute atomic E-state index is 12.7. The summed E-state index contributed by atoms with van der Waals surface area (Å²) < 4.78 is 11.7. The highest BCUT2D eigenvalue weighted by atomic mass is 16.5. The van der Waals surface area contributed by atoms with E-state index in [0.29, 0.717) is 25.3 Å². The predicted octanol–water partition coefficient (Wildman–Crippen LogP) is 2.88. The number of rotatable bonds is 5. The van der Waals surface area contributed by atoms with Crippen LogP contribution < -0.4 is 0 Å². The molecule has 0 saturated carbocycles. The van der Waals surface area contributed by atoms with Crippen molar-refractivity contribution in [2.75, 3.05) is 26.3 Å². The lowest BCUT2D eigenvalue weighted by molar-refractivity contribution is -0.0733. The average molecular weight is 361 g/mol. The molecular formula is C20H27NO5. The first-order valence-electron chi connectivity index (χ1n) is 9.40. The second-order valence-electron chi connectivity index (χ2n) is 7.21. The van der Waals surface area contributed by atoms with E-state index in [1.165, 1.54) is 12.5 Å². The van der Waals surface area contributed by atoms with Crippen molar-refractivity contribution in [2.45, 2.75) is 51.2 Å². The zero-order valence-corrected chi connectivity index (χ0v) is 15.3. The van der Waals surface area contributed by atoms with Crippen molar-refractivity contribution in [1.29, 1.82) is 0 Å². The molecule has 26 heavy (non-hydrogen) atoms. The number of amides is 1. The summed E-state index contributed by atoms with van der Waals surface area (Å²) in [6.45, 7) is 4.53. The highest BCUT2D eigenvalue weighted by Gasteiger charge is 2.26. The van der Waals surface area contributed by atoms with Crippen LogP contribution in [0.4, 0.5) is 0 Å². The minimum Gasteiger partial charge on any atom is -0.478 e. The molecule has 0 radical (unpaired) electrons. The molecule has 3 rings (SSSR count). The lowest BCUT2D eigenvalue weighted by Crippen LogP contribution is -2.41. The summed E-state index contributed by atoms with van der Waals surface area (Å²) in [6.07, 6.45) is 5.39. The molecule has 6 heteroatoms. The van der Waals surface area contributed by atoms with Gasteiger partial charge in [0, 0.05) is 25.3 Å². The van der Waals surface area contributed by atoms with Gasteiger partial charge in [-0.3, -0.25) is 4.79 Å². The van der Waals surface area contributed by atoms with E-state index in [1.54, 1.807) is 24.0 Å². The second-order valence-corrected chi connectivity index (χ2v) is 7.21. The maximum atomic E-state index is 12.7. The Morgan fingerprint density at radius 3 is 2.54 bits per heavy atom. The van der Waals surface area contributed by atoms with Crippen molar-refractivity contribution >= 4 is 11.9 Å². The van der Waals surface area contributed by atoms with Crippen molar-refractivity contribution in [1.82, 2.24) is 4.90 Å². The van der Waals surface area contributed by atoms with E-state index in [2.05, 4.69) is 0 Å². The number of carboxylic acids is 1. The first kappa shape index (κ1) is 18.9. The zero-order valence-electron chi connectivity index (χ0n) is 15.3. The topological polar surface area (TPSA) is 76.1 Å². The van der Waals surface area contributed by atoms with Crippen molar-refractivity contribution < 1.29 is 24.2 Å². The van der Waals surface area contributed by atoms with E-state index in [-0.39, 0.29) is 23.7 Å². The van der Waals surface area contributed by atoms with Crippen LogP contribution in [0.3, 0.4) is 0 Å². The Balaban J connectivity index is 1.51. The van der Waals surface area contributed by atoms with Gasteiger partial charge in [-0.2, -0.15) is 0 Å². The van der Waals surface area contributed by atoms with Crippen LogP contribution in [0.25, 0.3) is 0 Å². The minimum absolute atomic E-state index is 0.106. The third-order valence-electron chi connectivity index (χ3n) is 5.09. The lowest BCUT2D eigenvalue weighted by atomic mass is 10.0. The van der Waals surface area contributed by atoms with E-state index in [9.17, 15) is 14.7 Å². The third kappa shape index (κ3) is 4.83. The van der Waals surface area contributed by atoms with Crippen LogP contribution in [0.15, 0.2) is 18.2 Å². The van der Waals surface area contributed by atoms with Crippen molar-refractivity contribution in [2.24, 2.45) is 0 Å². The Bertz CT molecular complexity index is 646. The van der Waals surface area contributed by atoms with E-state index in [0.717, 1.165) is 37.9 Å². The molecule has 0 aliphatic carbocycles. The molecule has 2 saturated heterocycles. The number of likely N-dealkylation sites (tertiary alicyclic amines) is 1. The summed E-state index contributed by atoms with van der Waals surface area (Å²) in [5.41, 5.74) is 1.37. The smallest absolute Gasteiger partial charge is 0.335 e. The summed E-state index contributed by atoms with van der Waals surface area (Å²) in [4.78, 5) is 25.7. The quantitative estimate of drug-likeness (QED) is 0.873. The van der Waals surface area contributed by atoms with Crippen LogP contribution in [-0.4, -0.2) is 60.4 Å². The molecule has 6 nitrogen and oxygen atoms in total. The van der Waals surface area contributed by atoms with Crippen LogP contribution >= 0.6 is 0 Å². The fourth-order valence-electron chi connectivity index (χ4n) is 3.62. The van der Waals surface area contributed by atoms with Gasteiger partial charge in [-0.05, 0) is 62.8 Å². The Labute approximate surface area is 154 Å². The number of carbonyl (C=O) groups excluding carboxylic acids is 1. The van der Waals surface area contributed by atoms with Crippen LogP contribution in [0.5, 0.6) is 0 Å². The number of carboxylic acid groups (broad SMARTS) is 1. The minimum atomic E-state index is -1.01. The number of hydrogen-bond acceptors (Lipinski definition) is 4. The zero-order chi connectivity index (χ0) is 18.5. The van der Waals surface area contributed by atoms with Crippen molar-refractivity contribution in [3.63, 3.8) is 0 Å². The Morgan fingerprint density at radius 2 is 1.88 bits per heavy atom. The molecule has 1 aromatic carbocycles. The molecule has 1 unspecified atom stereocenters. The number of aromatic carboxylic acids is 1. The first-order valence-corrected chi connectivity index (χ1v) is 9.40. The van der Waals surface area contributed by atoms with Gasteiger partial charge in [-0.25, -0.2) is 4.79 Å². The SMILES string of the molecule is Cc1cc(C(=O)O)cc(C(=O)N2CCC(OCC3CCCCO3)CC2)c1. The van der Waals surface area contributed by atoms with Gasteiger partial charge in [0.2, 0.25) is 0 Å². The molecule has 2 heterocycles. The van der Waals surface area contributed by atoms with Crippen LogP contribution in [0, 0.1) is 6.92 Å². The van der Waals surface area contributed by atoms with Crippen LogP contribution in [-0.2, 0) is 9.47 Å². The van der Waals surface area contributed by atoms with E-state index >= 15 is 0 Å². The fourth-order valence-corrected chi connectivity index (χ4v) is 3.62. The predicted molar refractivity (Wildman–Crippen MR) is 96.6 cm³/mol. The summed E-state index contributed by atoms with van der Waals surface area (Å²) in [5.74, 6) is -1.12. The largest absolute Gasteiger partial charge is 0.478 e. The molecule has 1 aromatic rings. The lowest BCUT2D eigenvalue weighted by Gasteiger charge is -2.33. The van der Waals surface area contributed by atoms with E-state index in [4.69, 9.17) is 9.47 Å². The number of hydrogen-bond donors (Lipinski definition) is 1.